The Labute approximate surface area is 107 Å². The molecule has 0 radical (unpaired) electrons. The molecule has 0 unspecified atom stereocenters. The summed E-state index contributed by atoms with van der Waals surface area (Å²) in [5.41, 5.74) is 0. The molecule has 0 aliphatic heterocycles. The Hall–Kier alpha value is -1.58. The zero-order valence-corrected chi connectivity index (χ0v) is 10.4. The van der Waals surface area contributed by atoms with Gasteiger partial charge in [0.05, 0.1) is 13.2 Å². The summed E-state index contributed by atoms with van der Waals surface area (Å²) in [4.78, 5) is 0. The van der Waals surface area contributed by atoms with Crippen molar-refractivity contribution in [2.45, 2.75) is 6.42 Å². The molecule has 2 N–H and O–H groups in total. The van der Waals surface area contributed by atoms with Gasteiger partial charge in [0, 0.05) is 6.54 Å². The Bertz CT molecular complexity index is 485. The summed E-state index contributed by atoms with van der Waals surface area (Å²) in [6.45, 7) is 2.40. The topological polar surface area (TPSA) is 41.5 Å². The van der Waals surface area contributed by atoms with Gasteiger partial charge in [-0.15, -0.1) is 0 Å². The molecule has 0 amide bonds. The number of aliphatic hydroxyl groups is 1. The van der Waals surface area contributed by atoms with Crippen molar-refractivity contribution in [3.63, 3.8) is 0 Å². The van der Waals surface area contributed by atoms with E-state index in [0.717, 1.165) is 18.7 Å². The van der Waals surface area contributed by atoms with E-state index >= 15 is 0 Å². The molecule has 2 aromatic rings. The fourth-order valence-electron chi connectivity index (χ4n) is 1.85. The quantitative estimate of drug-likeness (QED) is 0.735. The number of fused-ring (bicyclic) bond motifs is 1. The molecule has 2 rings (SSSR count). The first-order valence-corrected chi connectivity index (χ1v) is 6.33. The van der Waals surface area contributed by atoms with Gasteiger partial charge < -0.3 is 15.2 Å². The Morgan fingerprint density at radius 1 is 1.00 bits per heavy atom. The van der Waals surface area contributed by atoms with E-state index in [1.807, 2.05) is 18.2 Å². The first-order valence-electron chi connectivity index (χ1n) is 6.33. The van der Waals surface area contributed by atoms with E-state index in [9.17, 15) is 0 Å². The molecular formula is C15H19NO2. The number of hydrogen-bond donors (Lipinski definition) is 2. The lowest BCUT2D eigenvalue weighted by molar-refractivity contribution is 0.282. The maximum absolute atomic E-state index is 8.61. The highest BCUT2D eigenvalue weighted by molar-refractivity contribution is 5.83. The fourth-order valence-corrected chi connectivity index (χ4v) is 1.85. The van der Waals surface area contributed by atoms with Crippen molar-refractivity contribution in [3.05, 3.63) is 42.5 Å². The molecule has 0 fully saturated rings. The number of rotatable bonds is 7. The lowest BCUT2D eigenvalue weighted by atomic mass is 10.1. The lowest BCUT2D eigenvalue weighted by Gasteiger charge is -2.07. The molecule has 0 aliphatic carbocycles. The predicted octanol–water partition coefficient (Wildman–Crippen LogP) is 2.19. The van der Waals surface area contributed by atoms with Crippen LogP contribution in [0.25, 0.3) is 10.8 Å². The standard InChI is InChI=1S/C15H19NO2/c17-10-9-16-8-3-11-18-15-7-6-13-4-1-2-5-14(13)12-15/h1-2,4-7,12,16-17H,3,8-11H2. The van der Waals surface area contributed by atoms with Gasteiger partial charge in [-0.2, -0.15) is 0 Å². The number of aliphatic hydroxyl groups excluding tert-OH is 1. The normalized spacial score (nSPS) is 10.7. The molecule has 3 heteroatoms. The second kappa shape index (κ2) is 6.99. The molecule has 0 aliphatic rings. The van der Waals surface area contributed by atoms with Crippen LogP contribution in [-0.2, 0) is 0 Å². The van der Waals surface area contributed by atoms with E-state index in [1.54, 1.807) is 0 Å². The van der Waals surface area contributed by atoms with Crippen molar-refractivity contribution >= 4 is 10.8 Å². The summed E-state index contributed by atoms with van der Waals surface area (Å²) in [5.74, 6) is 0.913. The van der Waals surface area contributed by atoms with Gasteiger partial charge in [-0.05, 0) is 35.9 Å². The Morgan fingerprint density at radius 2 is 1.83 bits per heavy atom. The van der Waals surface area contributed by atoms with Crippen LogP contribution in [0, 0.1) is 0 Å². The Kier molecular flexibility index (Phi) is 5.00. The SMILES string of the molecule is OCCNCCCOc1ccc2ccccc2c1. The minimum atomic E-state index is 0.186. The van der Waals surface area contributed by atoms with Crippen molar-refractivity contribution in [1.29, 1.82) is 0 Å². The maximum atomic E-state index is 8.61. The third kappa shape index (κ3) is 3.72. The molecule has 0 aromatic heterocycles. The minimum Gasteiger partial charge on any atom is -0.494 e. The fraction of sp³-hybridized carbons (Fsp3) is 0.333. The first-order chi connectivity index (χ1) is 8.90. The molecule has 0 saturated heterocycles. The van der Waals surface area contributed by atoms with Crippen molar-refractivity contribution in [2.75, 3.05) is 26.3 Å². The van der Waals surface area contributed by atoms with Crippen LogP contribution in [-0.4, -0.2) is 31.4 Å². The molecule has 18 heavy (non-hydrogen) atoms. The van der Waals surface area contributed by atoms with Gasteiger partial charge >= 0.3 is 0 Å². The van der Waals surface area contributed by atoms with E-state index < -0.39 is 0 Å². The maximum Gasteiger partial charge on any atom is 0.119 e. The van der Waals surface area contributed by atoms with Crippen molar-refractivity contribution < 1.29 is 9.84 Å². The van der Waals surface area contributed by atoms with Crippen LogP contribution in [0.4, 0.5) is 0 Å². The van der Waals surface area contributed by atoms with Gasteiger partial charge in [-0.25, -0.2) is 0 Å². The summed E-state index contributed by atoms with van der Waals surface area (Å²) in [5, 5.41) is 14.2. The average Bonchev–Trinajstić information content (AvgIpc) is 2.42. The zero-order chi connectivity index (χ0) is 12.6. The van der Waals surface area contributed by atoms with Crippen LogP contribution < -0.4 is 10.1 Å². The van der Waals surface area contributed by atoms with Gasteiger partial charge in [0.25, 0.3) is 0 Å². The highest BCUT2D eigenvalue weighted by Crippen LogP contribution is 2.20. The molecule has 0 atom stereocenters. The summed E-state index contributed by atoms with van der Waals surface area (Å²) in [7, 11) is 0. The second-order valence-electron chi connectivity index (χ2n) is 4.18. The van der Waals surface area contributed by atoms with Gasteiger partial charge in [0.1, 0.15) is 5.75 Å². The van der Waals surface area contributed by atoms with Gasteiger partial charge in [-0.1, -0.05) is 30.3 Å². The van der Waals surface area contributed by atoms with Crippen LogP contribution in [0.15, 0.2) is 42.5 Å². The summed E-state index contributed by atoms with van der Waals surface area (Å²) < 4.78 is 5.69. The molecular weight excluding hydrogens is 226 g/mol. The number of benzene rings is 2. The monoisotopic (exact) mass is 245 g/mol. The number of hydrogen-bond acceptors (Lipinski definition) is 3. The minimum absolute atomic E-state index is 0.186. The third-order valence-electron chi connectivity index (χ3n) is 2.78. The zero-order valence-electron chi connectivity index (χ0n) is 10.4. The number of nitrogens with one attached hydrogen (secondary N) is 1. The average molecular weight is 245 g/mol. The van der Waals surface area contributed by atoms with E-state index in [1.165, 1.54) is 10.8 Å². The molecule has 3 nitrogen and oxygen atoms in total. The van der Waals surface area contributed by atoms with Crippen LogP contribution in [0.5, 0.6) is 5.75 Å². The highest BCUT2D eigenvalue weighted by Gasteiger charge is 1.96. The van der Waals surface area contributed by atoms with Crippen LogP contribution >= 0.6 is 0 Å². The second-order valence-corrected chi connectivity index (χ2v) is 4.18. The van der Waals surface area contributed by atoms with E-state index in [0.29, 0.717) is 13.2 Å². The molecule has 0 saturated carbocycles. The van der Waals surface area contributed by atoms with Crippen molar-refractivity contribution in [3.8, 4) is 5.75 Å². The first kappa shape index (κ1) is 12.9. The van der Waals surface area contributed by atoms with E-state index in [-0.39, 0.29) is 6.61 Å². The lowest BCUT2D eigenvalue weighted by Crippen LogP contribution is -2.20. The van der Waals surface area contributed by atoms with Crippen molar-refractivity contribution in [2.24, 2.45) is 0 Å². The summed E-state index contributed by atoms with van der Waals surface area (Å²) in [6, 6.07) is 14.4. The van der Waals surface area contributed by atoms with Crippen LogP contribution in [0.2, 0.25) is 0 Å². The molecule has 0 heterocycles. The molecule has 0 spiro atoms. The van der Waals surface area contributed by atoms with Gasteiger partial charge in [0.15, 0.2) is 0 Å². The van der Waals surface area contributed by atoms with E-state index in [4.69, 9.17) is 9.84 Å². The number of ether oxygens (including phenoxy) is 1. The van der Waals surface area contributed by atoms with Crippen molar-refractivity contribution in [1.82, 2.24) is 5.32 Å². The highest BCUT2D eigenvalue weighted by atomic mass is 16.5. The van der Waals surface area contributed by atoms with E-state index in [2.05, 4.69) is 29.6 Å². The van der Waals surface area contributed by atoms with Crippen LogP contribution in [0.3, 0.4) is 0 Å². The summed E-state index contributed by atoms with van der Waals surface area (Å²) in [6.07, 6.45) is 0.937. The Balaban J connectivity index is 1.81. The van der Waals surface area contributed by atoms with Gasteiger partial charge in [0.2, 0.25) is 0 Å². The molecule has 2 aromatic carbocycles. The largest absolute Gasteiger partial charge is 0.494 e. The predicted molar refractivity (Wildman–Crippen MR) is 74.0 cm³/mol. The Morgan fingerprint density at radius 3 is 2.67 bits per heavy atom. The van der Waals surface area contributed by atoms with Gasteiger partial charge in [-0.3, -0.25) is 0 Å². The molecule has 96 valence electrons. The third-order valence-corrected chi connectivity index (χ3v) is 2.78. The van der Waals surface area contributed by atoms with Crippen LogP contribution in [0.1, 0.15) is 6.42 Å². The summed E-state index contributed by atoms with van der Waals surface area (Å²) >= 11 is 0. The molecule has 0 bridgehead atoms. The smallest absolute Gasteiger partial charge is 0.119 e.